The van der Waals surface area contributed by atoms with Crippen LogP contribution in [-0.2, 0) is 13.0 Å². The molecule has 2 heterocycles. The Labute approximate surface area is 199 Å². The lowest BCUT2D eigenvalue weighted by Crippen LogP contribution is -2.38. The summed E-state index contributed by atoms with van der Waals surface area (Å²) in [6.45, 7) is 8.04. The van der Waals surface area contributed by atoms with Crippen LogP contribution < -0.4 is 15.4 Å². The number of nitrogens with one attached hydrogen (secondary N) is 2. The lowest BCUT2D eigenvalue weighted by molar-refractivity contribution is 0.359. The van der Waals surface area contributed by atoms with Crippen molar-refractivity contribution in [3.63, 3.8) is 0 Å². The van der Waals surface area contributed by atoms with Crippen molar-refractivity contribution >= 4 is 29.9 Å². The van der Waals surface area contributed by atoms with Crippen molar-refractivity contribution < 1.29 is 9.26 Å². The third-order valence-electron chi connectivity index (χ3n) is 4.07. The minimum atomic E-state index is 0. The van der Waals surface area contributed by atoms with Gasteiger partial charge in [0.2, 0.25) is 0 Å². The quantitative estimate of drug-likeness (QED) is 0.178. The summed E-state index contributed by atoms with van der Waals surface area (Å²) in [5.74, 6) is 2.56. The molecule has 0 fully saturated rings. The second-order valence-electron chi connectivity index (χ2n) is 6.31. The fourth-order valence-corrected chi connectivity index (χ4v) is 2.67. The number of hydrogen-bond donors (Lipinski definition) is 2. The molecule has 0 bridgehead atoms. The molecule has 8 nitrogen and oxygen atoms in total. The van der Waals surface area contributed by atoms with Crippen molar-refractivity contribution in [3.05, 3.63) is 72.7 Å². The van der Waals surface area contributed by atoms with Crippen LogP contribution in [0, 0.1) is 0 Å². The zero-order chi connectivity index (χ0) is 21.0. The van der Waals surface area contributed by atoms with E-state index < -0.39 is 0 Å². The summed E-state index contributed by atoms with van der Waals surface area (Å²) in [5.41, 5.74) is 1.67. The molecule has 1 aromatic carbocycles. The lowest BCUT2D eigenvalue weighted by atomic mass is 10.2. The molecule has 0 aliphatic rings. The minimum Gasteiger partial charge on any atom is -0.489 e. The summed E-state index contributed by atoms with van der Waals surface area (Å²) in [6.07, 6.45) is 4.02. The van der Waals surface area contributed by atoms with Gasteiger partial charge in [0, 0.05) is 31.3 Å². The van der Waals surface area contributed by atoms with Crippen LogP contribution in [0.4, 0.5) is 0 Å². The van der Waals surface area contributed by atoms with Crippen LogP contribution in [0.2, 0.25) is 0 Å². The van der Waals surface area contributed by atoms with Crippen LogP contribution in [0.25, 0.3) is 11.6 Å². The molecule has 0 unspecified atom stereocenters. The molecule has 0 aliphatic heterocycles. The normalized spacial score (nSPS) is 10.8. The van der Waals surface area contributed by atoms with Crippen molar-refractivity contribution in [2.24, 2.45) is 4.99 Å². The van der Waals surface area contributed by atoms with E-state index in [1.165, 1.54) is 0 Å². The zero-order valence-electron chi connectivity index (χ0n) is 17.5. The maximum Gasteiger partial charge on any atom is 0.276 e. The van der Waals surface area contributed by atoms with Gasteiger partial charge in [0.25, 0.3) is 5.89 Å². The van der Waals surface area contributed by atoms with Gasteiger partial charge in [0.1, 0.15) is 18.1 Å². The van der Waals surface area contributed by atoms with Gasteiger partial charge >= 0.3 is 0 Å². The molecule has 31 heavy (non-hydrogen) atoms. The van der Waals surface area contributed by atoms with Gasteiger partial charge in [-0.3, -0.25) is 4.98 Å². The molecule has 0 spiro atoms. The average molecular weight is 534 g/mol. The van der Waals surface area contributed by atoms with Crippen LogP contribution in [-0.4, -0.2) is 40.8 Å². The van der Waals surface area contributed by atoms with E-state index in [4.69, 9.17) is 9.26 Å². The Morgan fingerprint density at radius 1 is 1.19 bits per heavy atom. The number of hydrogen-bond acceptors (Lipinski definition) is 6. The molecule has 2 aromatic heterocycles. The molecule has 0 atom stereocenters. The van der Waals surface area contributed by atoms with Gasteiger partial charge in [0.05, 0.1) is 6.54 Å². The number of aliphatic imine (C=N–C) groups is 1. The highest BCUT2D eigenvalue weighted by Crippen LogP contribution is 2.18. The molecule has 0 saturated carbocycles. The summed E-state index contributed by atoms with van der Waals surface area (Å²) in [7, 11) is 0. The standard InChI is InChI=1S/C22H26N6O2.HI/c1-3-15-29-19-11-6-5-9-17(19)16-26-22(23-4-2)25-14-12-20-27-21(30-28-20)18-10-7-8-13-24-18;/h3,5-11,13H,1,4,12,14-16H2,2H3,(H2,23,25,26);1H. The first-order valence-electron chi connectivity index (χ1n) is 9.88. The van der Waals surface area contributed by atoms with E-state index in [1.54, 1.807) is 12.3 Å². The predicted octanol–water partition coefficient (Wildman–Crippen LogP) is 3.61. The molecule has 0 aliphatic carbocycles. The topological polar surface area (TPSA) is 97.5 Å². The van der Waals surface area contributed by atoms with Gasteiger partial charge in [-0.15, -0.1) is 24.0 Å². The maximum absolute atomic E-state index is 5.70. The molecular weight excluding hydrogens is 507 g/mol. The third kappa shape index (κ3) is 7.67. The summed E-state index contributed by atoms with van der Waals surface area (Å²) in [4.78, 5) is 13.3. The molecule has 3 rings (SSSR count). The SMILES string of the molecule is C=CCOc1ccccc1CN=C(NCC)NCCc1noc(-c2ccccn2)n1.I. The molecule has 0 amide bonds. The summed E-state index contributed by atoms with van der Waals surface area (Å²) < 4.78 is 11.0. The predicted molar refractivity (Wildman–Crippen MR) is 132 cm³/mol. The Morgan fingerprint density at radius 3 is 2.81 bits per heavy atom. The highest BCUT2D eigenvalue weighted by molar-refractivity contribution is 14.0. The highest BCUT2D eigenvalue weighted by atomic mass is 127. The number of rotatable bonds is 10. The Kier molecular flexibility index (Phi) is 10.5. The Bertz CT molecular complexity index is 961. The van der Waals surface area contributed by atoms with Gasteiger partial charge in [-0.25, -0.2) is 4.99 Å². The molecule has 0 saturated heterocycles. The van der Waals surface area contributed by atoms with Crippen LogP contribution in [0.1, 0.15) is 18.3 Å². The molecular formula is C22H27IN6O2. The van der Waals surface area contributed by atoms with E-state index in [1.807, 2.05) is 49.4 Å². The summed E-state index contributed by atoms with van der Waals surface area (Å²) >= 11 is 0. The first-order chi connectivity index (χ1) is 14.8. The third-order valence-corrected chi connectivity index (χ3v) is 4.07. The van der Waals surface area contributed by atoms with Gasteiger partial charge < -0.3 is 19.9 Å². The number of pyridine rings is 1. The Morgan fingerprint density at radius 2 is 2.03 bits per heavy atom. The van der Waals surface area contributed by atoms with E-state index >= 15 is 0 Å². The van der Waals surface area contributed by atoms with Crippen molar-refractivity contribution in [1.29, 1.82) is 0 Å². The largest absolute Gasteiger partial charge is 0.489 e. The van der Waals surface area contributed by atoms with E-state index in [0.29, 0.717) is 49.5 Å². The first kappa shape index (κ1) is 24.3. The highest BCUT2D eigenvalue weighted by Gasteiger charge is 2.09. The Balaban J connectivity index is 0.00000341. The number of benzene rings is 1. The van der Waals surface area contributed by atoms with Gasteiger partial charge in [0.15, 0.2) is 11.8 Å². The second-order valence-corrected chi connectivity index (χ2v) is 6.31. The maximum atomic E-state index is 5.70. The lowest BCUT2D eigenvalue weighted by Gasteiger charge is -2.12. The van der Waals surface area contributed by atoms with Crippen LogP contribution in [0.5, 0.6) is 5.75 Å². The smallest absolute Gasteiger partial charge is 0.276 e. The van der Waals surface area contributed by atoms with Crippen molar-refractivity contribution in [1.82, 2.24) is 25.8 Å². The zero-order valence-corrected chi connectivity index (χ0v) is 19.8. The van der Waals surface area contributed by atoms with Crippen LogP contribution in [0.3, 0.4) is 0 Å². The fourth-order valence-electron chi connectivity index (χ4n) is 2.67. The number of guanidine groups is 1. The molecule has 9 heteroatoms. The number of nitrogens with zero attached hydrogens (tertiary/aromatic N) is 4. The van der Waals surface area contributed by atoms with E-state index in [-0.39, 0.29) is 24.0 Å². The van der Waals surface area contributed by atoms with Crippen LogP contribution in [0.15, 0.2) is 70.8 Å². The van der Waals surface area contributed by atoms with Crippen molar-refractivity contribution in [2.75, 3.05) is 19.7 Å². The monoisotopic (exact) mass is 534 g/mol. The molecule has 164 valence electrons. The van der Waals surface area contributed by atoms with Crippen molar-refractivity contribution in [3.8, 4) is 17.3 Å². The second kappa shape index (κ2) is 13.4. The average Bonchev–Trinajstić information content (AvgIpc) is 3.26. The molecule has 0 radical (unpaired) electrons. The van der Waals surface area contributed by atoms with Gasteiger partial charge in [-0.2, -0.15) is 4.98 Å². The number of aromatic nitrogens is 3. The van der Waals surface area contributed by atoms with Crippen LogP contribution >= 0.6 is 24.0 Å². The minimum absolute atomic E-state index is 0. The Hall–Kier alpha value is -2.95. The van der Waals surface area contributed by atoms with Gasteiger partial charge in [-0.05, 0) is 25.1 Å². The fraction of sp³-hybridized carbons (Fsp3) is 0.273. The van der Waals surface area contributed by atoms with E-state index in [0.717, 1.165) is 17.9 Å². The van der Waals surface area contributed by atoms with Gasteiger partial charge in [-0.1, -0.05) is 42.1 Å². The summed E-state index contributed by atoms with van der Waals surface area (Å²) in [5, 5.41) is 10.6. The summed E-state index contributed by atoms with van der Waals surface area (Å²) in [6, 6.07) is 13.4. The first-order valence-corrected chi connectivity index (χ1v) is 9.88. The number of para-hydroxylation sites is 1. The van der Waals surface area contributed by atoms with E-state index in [2.05, 4.69) is 37.3 Å². The number of halogens is 1. The van der Waals surface area contributed by atoms with E-state index in [9.17, 15) is 0 Å². The van der Waals surface area contributed by atoms with Crippen molar-refractivity contribution in [2.45, 2.75) is 19.9 Å². The molecule has 3 aromatic rings. The molecule has 2 N–H and O–H groups in total. The number of ether oxygens (including phenoxy) is 1.